The van der Waals surface area contributed by atoms with Gasteiger partial charge in [-0.1, -0.05) is 0 Å². The van der Waals surface area contributed by atoms with Crippen LogP contribution in [0.2, 0.25) is 0 Å². The van der Waals surface area contributed by atoms with Gasteiger partial charge in [0, 0.05) is 0 Å². The van der Waals surface area contributed by atoms with E-state index in [0.717, 1.165) is 0 Å². The van der Waals surface area contributed by atoms with Crippen LogP contribution in [0.4, 0.5) is 0 Å². The van der Waals surface area contributed by atoms with Crippen molar-refractivity contribution < 1.29 is 9.47 Å². The molecule has 1 heterocycles. The minimum Gasteiger partial charge on any atom is -0.459 e. The van der Waals surface area contributed by atoms with Crippen LogP contribution in [-0.2, 0) is 9.47 Å². The van der Waals surface area contributed by atoms with Gasteiger partial charge in [0.15, 0.2) is 0 Å². The Hall–Kier alpha value is -0.210. The fraction of sp³-hybridized carbons (Fsp3) is 0.500. The van der Waals surface area contributed by atoms with Gasteiger partial charge in [-0.15, -0.1) is 0 Å². The van der Waals surface area contributed by atoms with Crippen LogP contribution in [0.3, 0.4) is 0 Å². The average molecular weight is 121 g/mol. The summed E-state index contributed by atoms with van der Waals surface area (Å²) in [6.45, 7) is 0.550. The van der Waals surface area contributed by atoms with Crippen molar-refractivity contribution in [3.63, 3.8) is 0 Å². The lowest BCUT2D eigenvalue weighted by Gasteiger charge is -2.11. The van der Waals surface area contributed by atoms with Crippen LogP contribution in [-0.4, -0.2) is 12.4 Å². The van der Waals surface area contributed by atoms with Gasteiger partial charge in [-0.05, 0) is 17.7 Å². The lowest BCUT2D eigenvalue weighted by Crippen LogP contribution is -2.10. The summed E-state index contributed by atoms with van der Waals surface area (Å²) in [7, 11) is 0. The van der Waals surface area contributed by atoms with Crippen LogP contribution >= 0.6 is 11.6 Å². The Morgan fingerprint density at radius 1 is 1.71 bits per heavy atom. The Morgan fingerprint density at radius 3 is 2.86 bits per heavy atom. The number of hydrogen-bond donors (Lipinski definition) is 0. The molecule has 0 spiro atoms. The molecule has 0 aliphatic carbocycles. The second kappa shape index (κ2) is 2.19. The highest BCUT2D eigenvalue weighted by Gasteiger charge is 2.02. The van der Waals surface area contributed by atoms with Crippen molar-refractivity contribution in [2.45, 2.75) is 5.75 Å². The first-order valence-electron chi connectivity index (χ1n) is 1.96. The molecule has 40 valence electrons. The van der Waals surface area contributed by atoms with Crippen LogP contribution in [0.5, 0.6) is 0 Å². The smallest absolute Gasteiger partial charge is 0.279 e. The van der Waals surface area contributed by atoms with E-state index in [2.05, 4.69) is 4.74 Å². The van der Waals surface area contributed by atoms with Gasteiger partial charge < -0.3 is 9.47 Å². The zero-order valence-electron chi connectivity index (χ0n) is 3.63. The Balaban J connectivity index is 2.32. The minimum atomic E-state index is -0.579. The molecule has 7 heavy (non-hydrogen) atoms. The van der Waals surface area contributed by atoms with Gasteiger partial charge in [-0.25, -0.2) is 0 Å². The van der Waals surface area contributed by atoms with Crippen LogP contribution in [0.15, 0.2) is 12.3 Å². The standard InChI is InChI=1S/C4H5ClO2/c5-4-6-2-1-3-7-4/h1-2,4H,3H2. The summed E-state index contributed by atoms with van der Waals surface area (Å²) in [5, 5.41) is 0. The van der Waals surface area contributed by atoms with E-state index in [9.17, 15) is 0 Å². The first-order chi connectivity index (χ1) is 3.39. The van der Waals surface area contributed by atoms with E-state index >= 15 is 0 Å². The predicted molar refractivity (Wildman–Crippen MR) is 25.8 cm³/mol. The summed E-state index contributed by atoms with van der Waals surface area (Å²) in [6.07, 6.45) is 3.28. The Bertz CT molecular complexity index is 81.8. The molecule has 0 aromatic heterocycles. The van der Waals surface area contributed by atoms with Crippen molar-refractivity contribution in [2.24, 2.45) is 0 Å². The van der Waals surface area contributed by atoms with E-state index in [1.807, 2.05) is 0 Å². The quantitative estimate of drug-likeness (QED) is 0.445. The Labute approximate surface area is 46.7 Å². The number of alkyl halides is 1. The van der Waals surface area contributed by atoms with Gasteiger partial charge in [-0.3, -0.25) is 0 Å². The first kappa shape index (κ1) is 4.94. The molecule has 0 N–H and O–H groups in total. The zero-order chi connectivity index (χ0) is 5.11. The molecule has 0 fully saturated rings. The van der Waals surface area contributed by atoms with E-state index in [4.69, 9.17) is 16.3 Å². The van der Waals surface area contributed by atoms with E-state index in [-0.39, 0.29) is 0 Å². The van der Waals surface area contributed by atoms with Crippen molar-refractivity contribution in [1.82, 2.24) is 0 Å². The van der Waals surface area contributed by atoms with Crippen molar-refractivity contribution in [2.75, 3.05) is 6.61 Å². The lowest BCUT2D eigenvalue weighted by atomic mass is 10.7. The molecular formula is C4H5ClO2. The monoisotopic (exact) mass is 120 g/mol. The third-order valence-corrected chi connectivity index (χ3v) is 0.834. The van der Waals surface area contributed by atoms with Gasteiger partial charge in [0.25, 0.3) is 5.75 Å². The topological polar surface area (TPSA) is 18.5 Å². The Morgan fingerprint density at radius 2 is 2.57 bits per heavy atom. The van der Waals surface area contributed by atoms with Crippen LogP contribution in [0.25, 0.3) is 0 Å². The molecule has 1 atom stereocenters. The first-order valence-corrected chi connectivity index (χ1v) is 2.39. The van der Waals surface area contributed by atoms with Gasteiger partial charge in [0.2, 0.25) is 0 Å². The minimum absolute atomic E-state index is 0.550. The third kappa shape index (κ3) is 1.37. The molecule has 0 saturated heterocycles. The highest BCUT2D eigenvalue weighted by Crippen LogP contribution is 2.04. The lowest BCUT2D eigenvalue weighted by molar-refractivity contribution is -0.0512. The largest absolute Gasteiger partial charge is 0.459 e. The second-order valence-corrected chi connectivity index (χ2v) is 1.47. The summed E-state index contributed by atoms with van der Waals surface area (Å²) in [5.41, 5.74) is 0. The van der Waals surface area contributed by atoms with Gasteiger partial charge in [0.1, 0.15) is 0 Å². The fourth-order valence-corrected chi connectivity index (χ4v) is 0.459. The maximum atomic E-state index is 5.32. The van der Waals surface area contributed by atoms with Crippen molar-refractivity contribution in [1.29, 1.82) is 0 Å². The van der Waals surface area contributed by atoms with E-state index in [1.165, 1.54) is 6.26 Å². The van der Waals surface area contributed by atoms with Crippen molar-refractivity contribution in [3.8, 4) is 0 Å². The molecule has 1 aliphatic heterocycles. The van der Waals surface area contributed by atoms with Crippen LogP contribution < -0.4 is 0 Å². The van der Waals surface area contributed by atoms with Gasteiger partial charge in [0.05, 0.1) is 12.9 Å². The molecule has 0 bridgehead atoms. The van der Waals surface area contributed by atoms with Crippen LogP contribution in [0, 0.1) is 0 Å². The number of ether oxygens (including phenoxy) is 2. The highest BCUT2D eigenvalue weighted by molar-refractivity contribution is 6.18. The summed E-state index contributed by atoms with van der Waals surface area (Å²) in [6, 6.07) is 0. The third-order valence-electron chi connectivity index (χ3n) is 0.605. The SMILES string of the molecule is ClC1OC=CCO1. The zero-order valence-corrected chi connectivity index (χ0v) is 4.39. The maximum Gasteiger partial charge on any atom is 0.279 e. The molecule has 0 aromatic carbocycles. The molecule has 1 aliphatic rings. The highest BCUT2D eigenvalue weighted by atomic mass is 35.5. The average Bonchev–Trinajstić information content (AvgIpc) is 1.69. The normalized spacial score (nSPS) is 29.6. The number of halogens is 1. The number of rotatable bonds is 0. The summed E-state index contributed by atoms with van der Waals surface area (Å²) in [4.78, 5) is 0. The second-order valence-electron chi connectivity index (χ2n) is 1.12. The molecule has 0 saturated carbocycles. The molecule has 3 heteroatoms. The predicted octanol–water partition coefficient (Wildman–Crippen LogP) is 1.07. The molecule has 0 amide bonds. The maximum absolute atomic E-state index is 5.32. The van der Waals surface area contributed by atoms with E-state index < -0.39 is 5.75 Å². The molecule has 2 nitrogen and oxygen atoms in total. The summed E-state index contributed by atoms with van der Waals surface area (Å²) in [5.74, 6) is -0.579. The Kier molecular flexibility index (Phi) is 1.54. The summed E-state index contributed by atoms with van der Waals surface area (Å²) < 4.78 is 9.37. The fourth-order valence-electron chi connectivity index (χ4n) is 0.327. The van der Waals surface area contributed by atoms with Gasteiger partial charge in [-0.2, -0.15) is 0 Å². The van der Waals surface area contributed by atoms with E-state index in [0.29, 0.717) is 6.61 Å². The molecule has 0 aromatic rings. The van der Waals surface area contributed by atoms with Crippen molar-refractivity contribution in [3.05, 3.63) is 12.3 Å². The van der Waals surface area contributed by atoms with E-state index in [1.54, 1.807) is 6.08 Å². The molecular weight excluding hydrogens is 115 g/mol. The molecule has 1 unspecified atom stereocenters. The summed E-state index contributed by atoms with van der Waals surface area (Å²) >= 11 is 5.32. The molecule has 1 rings (SSSR count). The number of hydrogen-bond acceptors (Lipinski definition) is 2. The van der Waals surface area contributed by atoms with Gasteiger partial charge >= 0.3 is 0 Å². The molecule has 0 radical (unpaired) electrons. The van der Waals surface area contributed by atoms with Crippen molar-refractivity contribution >= 4 is 11.6 Å². The van der Waals surface area contributed by atoms with Crippen LogP contribution in [0.1, 0.15) is 0 Å².